The van der Waals surface area contributed by atoms with Gasteiger partial charge in [0.1, 0.15) is 5.75 Å². The van der Waals surface area contributed by atoms with E-state index < -0.39 is 0 Å². The maximum Gasteiger partial charge on any atom is 0.137 e. The van der Waals surface area contributed by atoms with E-state index in [1.165, 1.54) is 0 Å². The first kappa shape index (κ1) is 12.1. The highest BCUT2D eigenvalue weighted by atomic mass is 35.5. The lowest BCUT2D eigenvalue weighted by Gasteiger charge is -2.03. The summed E-state index contributed by atoms with van der Waals surface area (Å²) in [6.07, 6.45) is 4.11. The quantitative estimate of drug-likeness (QED) is 0.778. The maximum atomic E-state index is 6.00. The second kappa shape index (κ2) is 6.49. The second-order valence-corrected chi connectivity index (χ2v) is 3.51. The molecule has 0 atom stereocenters. The predicted octanol–water partition coefficient (Wildman–Crippen LogP) is 2.97. The molecule has 82 valence electrons. The number of halogens is 1. The van der Waals surface area contributed by atoms with Gasteiger partial charge in [-0.15, -0.1) is 0 Å². The van der Waals surface area contributed by atoms with Crippen LogP contribution >= 0.6 is 11.6 Å². The van der Waals surface area contributed by atoms with Gasteiger partial charge in [0.05, 0.1) is 12.1 Å². The lowest BCUT2D eigenvalue weighted by Crippen LogP contribution is -2.11. The molecule has 0 aromatic heterocycles. The van der Waals surface area contributed by atoms with Crippen molar-refractivity contribution in [3.8, 4) is 5.75 Å². The molecule has 0 aliphatic heterocycles. The van der Waals surface area contributed by atoms with Gasteiger partial charge in [-0.05, 0) is 24.2 Å². The Bertz CT molecular complexity index is 336. The van der Waals surface area contributed by atoms with Gasteiger partial charge in [-0.25, -0.2) is 0 Å². The molecule has 0 fully saturated rings. The molecule has 0 bridgehead atoms. The molecule has 0 saturated heterocycles. The topological polar surface area (TPSA) is 21.3 Å². The first-order valence-corrected chi connectivity index (χ1v) is 5.36. The summed E-state index contributed by atoms with van der Waals surface area (Å²) >= 11 is 6.00. The van der Waals surface area contributed by atoms with Crippen LogP contribution in [0.1, 0.15) is 12.5 Å². The van der Waals surface area contributed by atoms with Gasteiger partial charge >= 0.3 is 0 Å². The second-order valence-electron chi connectivity index (χ2n) is 3.10. The normalized spacial score (nSPS) is 10.9. The van der Waals surface area contributed by atoms with Gasteiger partial charge in [0, 0.05) is 6.54 Å². The molecule has 1 aromatic rings. The zero-order valence-electron chi connectivity index (χ0n) is 9.09. The van der Waals surface area contributed by atoms with Crippen LogP contribution in [0.15, 0.2) is 24.3 Å². The Morgan fingerprint density at radius 2 is 2.27 bits per heavy atom. The van der Waals surface area contributed by atoms with Crippen molar-refractivity contribution < 1.29 is 4.74 Å². The summed E-state index contributed by atoms with van der Waals surface area (Å²) in [4.78, 5) is 0. The number of rotatable bonds is 5. The molecule has 3 heteroatoms. The van der Waals surface area contributed by atoms with E-state index in [0.29, 0.717) is 10.8 Å². The summed E-state index contributed by atoms with van der Waals surface area (Å²) in [6.45, 7) is 3.94. The zero-order chi connectivity index (χ0) is 11.1. The van der Waals surface area contributed by atoms with Gasteiger partial charge in [-0.3, -0.25) is 0 Å². The highest BCUT2D eigenvalue weighted by Crippen LogP contribution is 2.25. The van der Waals surface area contributed by atoms with Crippen molar-refractivity contribution in [3.05, 3.63) is 34.9 Å². The molecule has 0 aliphatic rings. The SMILES string of the molecule is CCNCC=Cc1ccc(OC)c(Cl)c1. The number of hydrogen-bond donors (Lipinski definition) is 1. The summed E-state index contributed by atoms with van der Waals surface area (Å²) in [5, 5.41) is 3.85. The number of likely N-dealkylation sites (N-methyl/N-ethyl adjacent to an activating group) is 1. The van der Waals surface area contributed by atoms with Crippen LogP contribution in [-0.2, 0) is 0 Å². The lowest BCUT2D eigenvalue weighted by atomic mass is 10.2. The van der Waals surface area contributed by atoms with Gasteiger partial charge in [-0.1, -0.05) is 36.7 Å². The van der Waals surface area contributed by atoms with E-state index in [1.54, 1.807) is 7.11 Å². The fourth-order valence-electron chi connectivity index (χ4n) is 1.21. The Balaban J connectivity index is 2.63. The van der Waals surface area contributed by atoms with Crippen LogP contribution in [0.2, 0.25) is 5.02 Å². The number of benzene rings is 1. The molecule has 0 aliphatic carbocycles. The Kier molecular flexibility index (Phi) is 5.22. The Morgan fingerprint density at radius 1 is 1.47 bits per heavy atom. The summed E-state index contributed by atoms with van der Waals surface area (Å²) in [6, 6.07) is 5.74. The monoisotopic (exact) mass is 225 g/mol. The minimum absolute atomic E-state index is 0.642. The minimum atomic E-state index is 0.642. The lowest BCUT2D eigenvalue weighted by molar-refractivity contribution is 0.415. The van der Waals surface area contributed by atoms with Crippen LogP contribution in [0.5, 0.6) is 5.75 Å². The van der Waals surface area contributed by atoms with Crippen molar-refractivity contribution in [2.24, 2.45) is 0 Å². The molecule has 0 radical (unpaired) electrons. The van der Waals surface area contributed by atoms with E-state index >= 15 is 0 Å². The highest BCUT2D eigenvalue weighted by Gasteiger charge is 1.98. The van der Waals surface area contributed by atoms with E-state index in [-0.39, 0.29) is 0 Å². The molecule has 2 nitrogen and oxygen atoms in total. The summed E-state index contributed by atoms with van der Waals surface area (Å²) < 4.78 is 5.07. The van der Waals surface area contributed by atoms with Crippen LogP contribution in [0.4, 0.5) is 0 Å². The number of nitrogens with one attached hydrogen (secondary N) is 1. The Hall–Kier alpha value is -0.990. The smallest absolute Gasteiger partial charge is 0.137 e. The number of hydrogen-bond acceptors (Lipinski definition) is 2. The zero-order valence-corrected chi connectivity index (χ0v) is 9.84. The molecule has 1 N–H and O–H groups in total. The fourth-order valence-corrected chi connectivity index (χ4v) is 1.48. The van der Waals surface area contributed by atoms with Gasteiger partial charge in [-0.2, -0.15) is 0 Å². The van der Waals surface area contributed by atoms with Crippen LogP contribution in [0, 0.1) is 0 Å². The largest absolute Gasteiger partial charge is 0.495 e. The van der Waals surface area contributed by atoms with E-state index in [4.69, 9.17) is 16.3 Å². The fraction of sp³-hybridized carbons (Fsp3) is 0.333. The molecule has 1 rings (SSSR count). The van der Waals surface area contributed by atoms with E-state index in [0.717, 1.165) is 18.7 Å². The molecular weight excluding hydrogens is 210 g/mol. The molecule has 0 heterocycles. The van der Waals surface area contributed by atoms with Crippen molar-refractivity contribution in [3.63, 3.8) is 0 Å². The molecule has 1 aromatic carbocycles. The third-order valence-corrected chi connectivity index (χ3v) is 2.29. The Morgan fingerprint density at radius 3 is 2.87 bits per heavy atom. The summed E-state index contributed by atoms with van der Waals surface area (Å²) in [5.41, 5.74) is 1.08. The summed E-state index contributed by atoms with van der Waals surface area (Å²) in [5.74, 6) is 0.709. The van der Waals surface area contributed by atoms with Gasteiger partial charge in [0.25, 0.3) is 0 Å². The van der Waals surface area contributed by atoms with Crippen molar-refractivity contribution in [1.29, 1.82) is 0 Å². The standard InChI is InChI=1S/C12H16ClNO/c1-3-14-8-4-5-10-6-7-12(15-2)11(13)9-10/h4-7,9,14H,3,8H2,1-2H3. The molecule has 0 spiro atoms. The highest BCUT2D eigenvalue weighted by molar-refractivity contribution is 6.32. The van der Waals surface area contributed by atoms with E-state index in [2.05, 4.69) is 18.3 Å². The van der Waals surface area contributed by atoms with Gasteiger partial charge in [0.15, 0.2) is 0 Å². The molecule has 15 heavy (non-hydrogen) atoms. The van der Waals surface area contributed by atoms with Crippen molar-refractivity contribution >= 4 is 17.7 Å². The average Bonchev–Trinajstić information content (AvgIpc) is 2.25. The third kappa shape index (κ3) is 3.94. The van der Waals surface area contributed by atoms with Crippen molar-refractivity contribution in [1.82, 2.24) is 5.32 Å². The molecule has 0 unspecified atom stereocenters. The van der Waals surface area contributed by atoms with E-state index in [9.17, 15) is 0 Å². The number of ether oxygens (including phenoxy) is 1. The first-order chi connectivity index (χ1) is 7.27. The predicted molar refractivity (Wildman–Crippen MR) is 65.6 cm³/mol. The van der Waals surface area contributed by atoms with Crippen LogP contribution in [0.25, 0.3) is 6.08 Å². The maximum absolute atomic E-state index is 6.00. The molecular formula is C12H16ClNO. The van der Waals surface area contributed by atoms with Gasteiger partial charge < -0.3 is 10.1 Å². The third-order valence-electron chi connectivity index (χ3n) is 2.00. The Labute approximate surface area is 95.9 Å². The van der Waals surface area contributed by atoms with Crippen LogP contribution in [0.3, 0.4) is 0 Å². The van der Waals surface area contributed by atoms with E-state index in [1.807, 2.05) is 24.3 Å². The van der Waals surface area contributed by atoms with Crippen LogP contribution < -0.4 is 10.1 Å². The number of methoxy groups -OCH3 is 1. The van der Waals surface area contributed by atoms with Crippen molar-refractivity contribution in [2.75, 3.05) is 20.2 Å². The van der Waals surface area contributed by atoms with Crippen molar-refractivity contribution in [2.45, 2.75) is 6.92 Å². The first-order valence-electron chi connectivity index (χ1n) is 4.98. The minimum Gasteiger partial charge on any atom is -0.495 e. The summed E-state index contributed by atoms with van der Waals surface area (Å²) in [7, 11) is 1.61. The average molecular weight is 226 g/mol. The molecule has 0 saturated carbocycles. The van der Waals surface area contributed by atoms with Crippen LogP contribution in [-0.4, -0.2) is 20.2 Å². The van der Waals surface area contributed by atoms with Gasteiger partial charge in [0.2, 0.25) is 0 Å². The molecule has 0 amide bonds.